The van der Waals surface area contributed by atoms with Crippen molar-refractivity contribution >= 4 is 16.5 Å². The molecule has 0 bridgehead atoms. The summed E-state index contributed by atoms with van der Waals surface area (Å²) in [7, 11) is 0. The summed E-state index contributed by atoms with van der Waals surface area (Å²) >= 11 is 0. The van der Waals surface area contributed by atoms with E-state index < -0.39 is 5.82 Å². The number of phenolic OH excluding ortho intramolecular Hbond substituents is 1. The number of nitrogens with zero attached hydrogens (tertiary/aromatic N) is 3. The van der Waals surface area contributed by atoms with Gasteiger partial charge in [-0.2, -0.15) is 5.10 Å². The van der Waals surface area contributed by atoms with Crippen LogP contribution in [0.3, 0.4) is 0 Å². The molecule has 2 aromatic heterocycles. The first-order valence-corrected chi connectivity index (χ1v) is 12.7. The van der Waals surface area contributed by atoms with E-state index in [1.54, 1.807) is 30.5 Å². The van der Waals surface area contributed by atoms with E-state index in [-0.39, 0.29) is 17.9 Å². The Morgan fingerprint density at radius 3 is 2.72 bits per heavy atom. The molecular formula is C28H34FN5O2. The summed E-state index contributed by atoms with van der Waals surface area (Å²) in [4.78, 5) is 10.2. The smallest absolute Gasteiger partial charge is 0.159 e. The number of fused-ring (bicyclic) bond motifs is 1. The van der Waals surface area contributed by atoms with E-state index in [1.165, 1.54) is 5.57 Å². The Labute approximate surface area is 210 Å². The summed E-state index contributed by atoms with van der Waals surface area (Å²) in [6.45, 7) is 8.82. The molecule has 0 amide bonds. The highest BCUT2D eigenvalue weighted by molar-refractivity contribution is 5.95. The fourth-order valence-corrected chi connectivity index (χ4v) is 4.67. The van der Waals surface area contributed by atoms with Gasteiger partial charge in [-0.05, 0) is 54.2 Å². The fraction of sp³-hybridized carbons (Fsp3) is 0.357. The number of aryl methyl sites for hydroxylation is 1. The normalized spacial score (nSPS) is 14.0. The molecule has 5 rings (SSSR count). The number of phenols is 1. The average Bonchev–Trinajstić information content (AvgIpc) is 3.57. The van der Waals surface area contributed by atoms with Crippen molar-refractivity contribution in [1.29, 1.82) is 0 Å². The number of imidazole rings is 1. The molecule has 8 heteroatoms. The monoisotopic (exact) mass is 491 g/mol. The van der Waals surface area contributed by atoms with Gasteiger partial charge in [-0.1, -0.05) is 39.0 Å². The van der Waals surface area contributed by atoms with Crippen LogP contribution in [0.4, 0.5) is 4.39 Å². The average molecular weight is 492 g/mol. The van der Waals surface area contributed by atoms with E-state index in [1.807, 2.05) is 26.8 Å². The Morgan fingerprint density at radius 2 is 1.94 bits per heavy atom. The van der Waals surface area contributed by atoms with Crippen LogP contribution in [0.2, 0.25) is 0 Å². The topological polar surface area (TPSA) is 101 Å². The van der Waals surface area contributed by atoms with Crippen LogP contribution in [0.25, 0.3) is 39.1 Å². The number of hydrogen-bond donors (Lipinski definition) is 4. The van der Waals surface area contributed by atoms with Crippen molar-refractivity contribution in [3.8, 4) is 28.4 Å². The number of aromatic amines is 2. The second-order valence-electron chi connectivity index (χ2n) is 8.63. The zero-order chi connectivity index (χ0) is 25.7. The lowest BCUT2D eigenvalue weighted by Gasteiger charge is -2.26. The van der Waals surface area contributed by atoms with Gasteiger partial charge in [-0.15, -0.1) is 0 Å². The maximum Gasteiger partial charge on any atom is 0.159 e. The van der Waals surface area contributed by atoms with Crippen molar-refractivity contribution in [2.45, 2.75) is 40.0 Å². The predicted molar refractivity (Wildman–Crippen MR) is 142 cm³/mol. The molecule has 3 heterocycles. The summed E-state index contributed by atoms with van der Waals surface area (Å²) in [5.74, 6) is 0.376. The van der Waals surface area contributed by atoms with Crippen molar-refractivity contribution in [2.24, 2.45) is 0 Å². The Balaban J connectivity index is 0.00000148. The molecule has 0 saturated heterocycles. The van der Waals surface area contributed by atoms with E-state index in [0.29, 0.717) is 28.9 Å². The van der Waals surface area contributed by atoms with E-state index in [0.717, 1.165) is 49.3 Å². The summed E-state index contributed by atoms with van der Waals surface area (Å²) in [6.07, 6.45) is 6.41. The van der Waals surface area contributed by atoms with Crippen molar-refractivity contribution < 1.29 is 14.6 Å². The SMILES string of the molecule is CC.CCc1cc(O)ccc1-c1ccc2c(-c3ncc(C4=CCCN(CCCO)C4)[nH]3)[nH]nc2c1F. The summed E-state index contributed by atoms with van der Waals surface area (Å²) in [5, 5.41) is 26.8. The van der Waals surface area contributed by atoms with Crippen LogP contribution in [0, 0.1) is 5.82 Å². The van der Waals surface area contributed by atoms with E-state index in [9.17, 15) is 5.11 Å². The minimum Gasteiger partial charge on any atom is -0.508 e. The third-order valence-electron chi connectivity index (χ3n) is 6.45. The summed E-state index contributed by atoms with van der Waals surface area (Å²) < 4.78 is 15.5. The molecule has 36 heavy (non-hydrogen) atoms. The lowest BCUT2D eigenvalue weighted by molar-refractivity contribution is 0.237. The number of aromatic hydroxyl groups is 1. The number of aromatic nitrogens is 4. The van der Waals surface area contributed by atoms with Gasteiger partial charge < -0.3 is 15.2 Å². The third kappa shape index (κ3) is 5.05. The van der Waals surface area contributed by atoms with Gasteiger partial charge in [0.15, 0.2) is 11.6 Å². The van der Waals surface area contributed by atoms with E-state index in [2.05, 4.69) is 31.1 Å². The molecule has 2 aromatic carbocycles. The highest BCUT2D eigenvalue weighted by Crippen LogP contribution is 2.35. The van der Waals surface area contributed by atoms with Crippen LogP contribution in [0.1, 0.15) is 44.9 Å². The van der Waals surface area contributed by atoms with Gasteiger partial charge in [0.1, 0.15) is 17.0 Å². The maximum absolute atomic E-state index is 15.5. The third-order valence-corrected chi connectivity index (χ3v) is 6.45. The van der Waals surface area contributed by atoms with Crippen LogP contribution in [-0.4, -0.2) is 61.5 Å². The van der Waals surface area contributed by atoms with Gasteiger partial charge >= 0.3 is 0 Å². The Kier molecular flexibility index (Phi) is 8.18. The maximum atomic E-state index is 15.5. The van der Waals surface area contributed by atoms with Crippen LogP contribution >= 0.6 is 0 Å². The minimum absolute atomic E-state index is 0.169. The number of halogens is 1. The molecular weight excluding hydrogens is 457 g/mol. The number of aliphatic hydroxyl groups excluding tert-OH is 1. The summed E-state index contributed by atoms with van der Waals surface area (Å²) in [6, 6.07) is 8.60. The van der Waals surface area contributed by atoms with Crippen LogP contribution in [0.15, 0.2) is 42.6 Å². The molecule has 4 aromatic rings. The van der Waals surface area contributed by atoms with Gasteiger partial charge in [-0.25, -0.2) is 9.37 Å². The molecule has 0 spiro atoms. The van der Waals surface area contributed by atoms with Gasteiger partial charge in [0.25, 0.3) is 0 Å². The zero-order valence-corrected chi connectivity index (χ0v) is 21.1. The lowest BCUT2D eigenvalue weighted by atomic mass is 9.96. The number of H-pyrrole nitrogens is 2. The largest absolute Gasteiger partial charge is 0.508 e. The Bertz CT molecular complexity index is 1360. The molecule has 4 N–H and O–H groups in total. The molecule has 0 unspecified atom stereocenters. The number of hydrogen-bond acceptors (Lipinski definition) is 5. The fourth-order valence-electron chi connectivity index (χ4n) is 4.67. The molecule has 0 fully saturated rings. The number of benzene rings is 2. The zero-order valence-electron chi connectivity index (χ0n) is 21.1. The molecule has 0 saturated carbocycles. The molecule has 1 aliphatic rings. The quantitative estimate of drug-likeness (QED) is 0.273. The van der Waals surface area contributed by atoms with Crippen molar-refractivity contribution in [3.63, 3.8) is 0 Å². The van der Waals surface area contributed by atoms with Crippen molar-refractivity contribution in [1.82, 2.24) is 25.1 Å². The van der Waals surface area contributed by atoms with Crippen LogP contribution < -0.4 is 0 Å². The predicted octanol–water partition coefficient (Wildman–Crippen LogP) is 5.52. The Hall–Kier alpha value is -3.49. The van der Waals surface area contributed by atoms with E-state index in [4.69, 9.17) is 5.11 Å². The molecule has 0 atom stereocenters. The minimum atomic E-state index is -0.401. The van der Waals surface area contributed by atoms with Gasteiger partial charge in [0.05, 0.1) is 11.9 Å². The number of aliphatic hydroxyl groups is 1. The number of rotatable bonds is 7. The second-order valence-corrected chi connectivity index (χ2v) is 8.63. The van der Waals surface area contributed by atoms with Crippen molar-refractivity contribution in [2.75, 3.05) is 26.2 Å². The van der Waals surface area contributed by atoms with E-state index >= 15 is 4.39 Å². The highest BCUT2D eigenvalue weighted by Gasteiger charge is 2.20. The van der Waals surface area contributed by atoms with Gasteiger partial charge in [-0.3, -0.25) is 10.00 Å². The second kappa shape index (κ2) is 11.5. The molecule has 0 aliphatic carbocycles. The highest BCUT2D eigenvalue weighted by atomic mass is 19.1. The lowest BCUT2D eigenvalue weighted by Crippen LogP contribution is -2.30. The first-order chi connectivity index (χ1) is 17.6. The number of nitrogens with one attached hydrogen (secondary N) is 2. The standard InChI is InChI=1S/C26H28FN5O2.C2H6/c1-2-16-13-18(34)6-7-19(16)20-8-9-21-24(23(20)27)30-31-25(21)26-28-14-22(29-26)17-5-3-10-32(15-17)11-4-12-33;1-2/h5-9,13-14,33-34H,2-4,10-12,15H2,1H3,(H,28,29)(H,30,31);1-2H3. The first kappa shape index (κ1) is 25.6. The van der Waals surface area contributed by atoms with Crippen LogP contribution in [-0.2, 0) is 6.42 Å². The molecule has 190 valence electrons. The van der Waals surface area contributed by atoms with Gasteiger partial charge in [0, 0.05) is 37.2 Å². The molecule has 1 aliphatic heterocycles. The summed E-state index contributed by atoms with van der Waals surface area (Å²) in [5.41, 5.74) is 5.07. The molecule has 0 radical (unpaired) electrons. The van der Waals surface area contributed by atoms with Crippen LogP contribution in [0.5, 0.6) is 5.75 Å². The first-order valence-electron chi connectivity index (χ1n) is 12.7. The van der Waals surface area contributed by atoms with Gasteiger partial charge in [0.2, 0.25) is 0 Å². The van der Waals surface area contributed by atoms with Crippen molar-refractivity contribution in [3.05, 3.63) is 59.7 Å². The Morgan fingerprint density at radius 1 is 1.14 bits per heavy atom. The molecule has 7 nitrogen and oxygen atoms in total.